The second kappa shape index (κ2) is 7.14. The van der Waals surface area contributed by atoms with Gasteiger partial charge in [-0.25, -0.2) is 9.37 Å². The molecular formula is C17H16ClFN2O4. The fraction of sp³-hybridized carbons (Fsp3) is 0.294. The maximum atomic E-state index is 13.1. The number of carbonyl (C=O) groups excluding carboxylic acids is 3. The first-order chi connectivity index (χ1) is 11.6. The van der Waals surface area contributed by atoms with E-state index < -0.39 is 34.7 Å². The quantitative estimate of drug-likeness (QED) is 0.649. The summed E-state index contributed by atoms with van der Waals surface area (Å²) in [7, 11) is 0. The van der Waals surface area contributed by atoms with Crippen molar-refractivity contribution in [1.29, 1.82) is 0 Å². The lowest BCUT2D eigenvalue weighted by Gasteiger charge is -2.19. The Balaban J connectivity index is 2.09. The normalized spacial score (nSPS) is 11.2. The fourth-order valence-electron chi connectivity index (χ4n) is 1.93. The molecule has 1 amide bonds. The zero-order valence-corrected chi connectivity index (χ0v) is 14.6. The molecule has 0 saturated carbocycles. The van der Waals surface area contributed by atoms with Crippen molar-refractivity contribution < 1.29 is 23.2 Å². The number of nitrogens with zero attached hydrogens (tertiary/aromatic N) is 1. The van der Waals surface area contributed by atoms with Crippen LogP contribution in [0.15, 0.2) is 28.9 Å². The first kappa shape index (κ1) is 18.8. The molecule has 0 saturated heterocycles. The molecular weight excluding hydrogens is 351 g/mol. The zero-order chi connectivity index (χ0) is 18.8. The second-order valence-electron chi connectivity index (χ2n) is 6.42. The highest BCUT2D eigenvalue weighted by atomic mass is 35.5. The molecule has 0 aliphatic carbocycles. The Labute approximate surface area is 148 Å². The highest BCUT2D eigenvalue weighted by Gasteiger charge is 2.26. The molecule has 0 spiro atoms. The SMILES string of the molecule is CC(C)(C)NC(=O)C(=O)c1nc(C(=O)Cc2ccc(F)c(Cl)c2)co1. The van der Waals surface area contributed by atoms with Crippen molar-refractivity contribution in [2.75, 3.05) is 0 Å². The van der Waals surface area contributed by atoms with Crippen LogP contribution in [0.1, 0.15) is 47.5 Å². The van der Waals surface area contributed by atoms with E-state index in [9.17, 15) is 18.8 Å². The Bertz CT molecular complexity index is 839. The fourth-order valence-corrected chi connectivity index (χ4v) is 2.13. The van der Waals surface area contributed by atoms with Crippen molar-refractivity contribution in [1.82, 2.24) is 10.3 Å². The summed E-state index contributed by atoms with van der Waals surface area (Å²) in [6.07, 6.45) is 0.902. The number of nitrogens with one attached hydrogen (secondary N) is 1. The Morgan fingerprint density at radius 1 is 1.28 bits per heavy atom. The van der Waals surface area contributed by atoms with E-state index in [1.165, 1.54) is 12.1 Å². The van der Waals surface area contributed by atoms with Gasteiger partial charge in [0.1, 0.15) is 17.8 Å². The summed E-state index contributed by atoms with van der Waals surface area (Å²) in [5, 5.41) is 2.39. The molecule has 8 heteroatoms. The minimum absolute atomic E-state index is 0.0971. The van der Waals surface area contributed by atoms with Crippen LogP contribution in [0.2, 0.25) is 5.02 Å². The topological polar surface area (TPSA) is 89.3 Å². The van der Waals surface area contributed by atoms with E-state index in [1.807, 2.05) is 0 Å². The molecule has 0 unspecified atom stereocenters. The Morgan fingerprint density at radius 2 is 1.96 bits per heavy atom. The largest absolute Gasteiger partial charge is 0.441 e. The highest BCUT2D eigenvalue weighted by Crippen LogP contribution is 2.17. The predicted octanol–water partition coefficient (Wildman–Crippen LogP) is 2.99. The van der Waals surface area contributed by atoms with Crippen LogP contribution in [0.5, 0.6) is 0 Å². The molecule has 2 aromatic rings. The summed E-state index contributed by atoms with van der Waals surface area (Å²) < 4.78 is 18.1. The lowest BCUT2D eigenvalue weighted by Crippen LogP contribution is -2.44. The number of rotatable bonds is 5. The Morgan fingerprint density at radius 3 is 2.56 bits per heavy atom. The maximum Gasteiger partial charge on any atom is 0.304 e. The third-order valence-electron chi connectivity index (χ3n) is 3.03. The number of amides is 1. The third kappa shape index (κ3) is 4.96. The van der Waals surface area contributed by atoms with Crippen LogP contribution in [0, 0.1) is 5.82 Å². The van der Waals surface area contributed by atoms with Crippen molar-refractivity contribution >= 4 is 29.1 Å². The monoisotopic (exact) mass is 366 g/mol. The average Bonchev–Trinajstić information content (AvgIpc) is 2.98. The molecule has 132 valence electrons. The van der Waals surface area contributed by atoms with Gasteiger partial charge in [-0.15, -0.1) is 0 Å². The van der Waals surface area contributed by atoms with Gasteiger partial charge in [-0.05, 0) is 38.5 Å². The van der Waals surface area contributed by atoms with E-state index >= 15 is 0 Å². The standard InChI is InChI=1S/C17H16ClFN2O4/c1-17(2,3)21-15(24)14(23)16-20-12(8-25-16)13(22)7-9-4-5-11(19)10(18)6-9/h4-6,8H,7H2,1-3H3,(H,21,24). The van der Waals surface area contributed by atoms with E-state index in [4.69, 9.17) is 16.0 Å². The predicted molar refractivity (Wildman–Crippen MR) is 88.2 cm³/mol. The summed E-state index contributed by atoms with van der Waals surface area (Å²) in [6, 6.07) is 3.90. The minimum Gasteiger partial charge on any atom is -0.441 e. The molecule has 1 aromatic heterocycles. The molecule has 25 heavy (non-hydrogen) atoms. The first-order valence-electron chi connectivity index (χ1n) is 7.36. The average molecular weight is 367 g/mol. The molecule has 0 fully saturated rings. The van der Waals surface area contributed by atoms with Gasteiger partial charge in [0.2, 0.25) is 0 Å². The number of oxazole rings is 1. The van der Waals surface area contributed by atoms with Crippen LogP contribution in [-0.2, 0) is 11.2 Å². The van der Waals surface area contributed by atoms with Crippen molar-refractivity contribution in [3.05, 3.63) is 52.5 Å². The van der Waals surface area contributed by atoms with Gasteiger partial charge in [0, 0.05) is 12.0 Å². The lowest BCUT2D eigenvalue weighted by atomic mass is 10.1. The van der Waals surface area contributed by atoms with Gasteiger partial charge >= 0.3 is 5.78 Å². The van der Waals surface area contributed by atoms with Gasteiger partial charge < -0.3 is 9.73 Å². The molecule has 1 aromatic carbocycles. The maximum absolute atomic E-state index is 13.1. The molecule has 0 atom stereocenters. The molecule has 0 aliphatic rings. The van der Waals surface area contributed by atoms with Crippen LogP contribution in [0.4, 0.5) is 4.39 Å². The van der Waals surface area contributed by atoms with Crippen molar-refractivity contribution in [2.24, 2.45) is 0 Å². The summed E-state index contributed by atoms with van der Waals surface area (Å²) >= 11 is 5.67. The van der Waals surface area contributed by atoms with Gasteiger partial charge in [-0.2, -0.15) is 0 Å². The van der Waals surface area contributed by atoms with Gasteiger partial charge in [0.05, 0.1) is 5.02 Å². The number of Topliss-reactive ketones (excluding diaryl/α,β-unsaturated/α-hetero) is 2. The van der Waals surface area contributed by atoms with Crippen LogP contribution in [-0.4, -0.2) is 28.0 Å². The van der Waals surface area contributed by atoms with E-state index in [0.717, 1.165) is 12.3 Å². The van der Waals surface area contributed by atoms with Crippen molar-refractivity contribution in [3.63, 3.8) is 0 Å². The smallest absolute Gasteiger partial charge is 0.304 e. The highest BCUT2D eigenvalue weighted by molar-refractivity contribution is 6.41. The minimum atomic E-state index is -0.973. The van der Waals surface area contributed by atoms with Gasteiger partial charge in [-0.1, -0.05) is 17.7 Å². The molecule has 0 aliphatic heterocycles. The third-order valence-corrected chi connectivity index (χ3v) is 3.32. The Hall–Kier alpha value is -2.54. The lowest BCUT2D eigenvalue weighted by molar-refractivity contribution is -0.118. The molecule has 1 N–H and O–H groups in total. The molecule has 0 radical (unpaired) electrons. The molecule has 1 heterocycles. The van der Waals surface area contributed by atoms with E-state index in [1.54, 1.807) is 20.8 Å². The number of hydrogen-bond donors (Lipinski definition) is 1. The van der Waals surface area contributed by atoms with E-state index in [0.29, 0.717) is 5.56 Å². The van der Waals surface area contributed by atoms with Gasteiger partial charge in [0.15, 0.2) is 5.78 Å². The zero-order valence-electron chi connectivity index (χ0n) is 13.9. The van der Waals surface area contributed by atoms with Crippen LogP contribution in [0.3, 0.4) is 0 Å². The molecule has 2 rings (SSSR count). The summed E-state index contributed by atoms with van der Waals surface area (Å²) in [5.74, 6) is -3.36. The van der Waals surface area contributed by atoms with Gasteiger partial charge in [-0.3, -0.25) is 14.4 Å². The number of ketones is 2. The van der Waals surface area contributed by atoms with E-state index in [2.05, 4.69) is 10.3 Å². The van der Waals surface area contributed by atoms with Crippen LogP contribution >= 0.6 is 11.6 Å². The van der Waals surface area contributed by atoms with Crippen LogP contribution < -0.4 is 5.32 Å². The number of halogens is 2. The summed E-state index contributed by atoms with van der Waals surface area (Å²) in [5.41, 5.74) is -0.218. The van der Waals surface area contributed by atoms with Crippen molar-refractivity contribution in [2.45, 2.75) is 32.7 Å². The first-order valence-corrected chi connectivity index (χ1v) is 7.74. The number of benzene rings is 1. The Kier molecular flexibility index (Phi) is 5.37. The number of hydrogen-bond acceptors (Lipinski definition) is 5. The summed E-state index contributed by atoms with van der Waals surface area (Å²) in [4.78, 5) is 39.7. The summed E-state index contributed by atoms with van der Waals surface area (Å²) in [6.45, 7) is 5.16. The van der Waals surface area contributed by atoms with Crippen LogP contribution in [0.25, 0.3) is 0 Å². The van der Waals surface area contributed by atoms with E-state index in [-0.39, 0.29) is 17.1 Å². The van der Waals surface area contributed by atoms with Crippen molar-refractivity contribution in [3.8, 4) is 0 Å². The molecule has 0 bridgehead atoms. The second-order valence-corrected chi connectivity index (χ2v) is 6.83. The number of aromatic nitrogens is 1. The van der Waals surface area contributed by atoms with Gasteiger partial charge in [0.25, 0.3) is 11.8 Å². The molecule has 6 nitrogen and oxygen atoms in total. The number of carbonyl (C=O) groups is 3.